The minimum absolute atomic E-state index is 0.0368. The molecular weight excluding hydrogens is 450 g/mol. The fraction of sp³-hybridized carbons (Fsp3) is 0.500. The number of carbonyl (C=O) groups is 3. The van der Waals surface area contributed by atoms with Gasteiger partial charge in [-0.2, -0.15) is 0 Å². The molecular formula is C22H26ClN5O3S. The van der Waals surface area contributed by atoms with Gasteiger partial charge in [-0.25, -0.2) is 0 Å². The minimum atomic E-state index is -0.438. The first-order chi connectivity index (χ1) is 15.5. The van der Waals surface area contributed by atoms with Crippen LogP contribution in [0.5, 0.6) is 0 Å². The molecule has 4 rings (SSSR count). The van der Waals surface area contributed by atoms with Crippen LogP contribution in [0.4, 0.5) is 5.69 Å². The number of rotatable bonds is 5. The summed E-state index contributed by atoms with van der Waals surface area (Å²) in [5, 5.41) is 14.5. The Bertz CT molecular complexity index is 974. The predicted molar refractivity (Wildman–Crippen MR) is 123 cm³/mol. The molecule has 170 valence electrons. The van der Waals surface area contributed by atoms with Crippen molar-refractivity contribution >= 4 is 46.3 Å². The van der Waals surface area contributed by atoms with E-state index in [1.54, 1.807) is 29.2 Å². The van der Waals surface area contributed by atoms with Gasteiger partial charge in [-0.1, -0.05) is 42.2 Å². The van der Waals surface area contributed by atoms with Crippen LogP contribution in [0.1, 0.15) is 64.6 Å². The lowest BCUT2D eigenvalue weighted by Crippen LogP contribution is -2.47. The monoisotopic (exact) mass is 475 g/mol. The SMILES string of the molecule is O=C(Nc1ccc(Cl)cc1)c1nnc(C(=O)N2CCCC(C(=O)NC3CCCCC3)C2)s1. The molecule has 1 aromatic carbocycles. The summed E-state index contributed by atoms with van der Waals surface area (Å²) in [6.07, 6.45) is 7.15. The van der Waals surface area contributed by atoms with Gasteiger partial charge in [0.1, 0.15) is 0 Å². The lowest BCUT2D eigenvalue weighted by atomic mass is 9.93. The number of amides is 3. The van der Waals surface area contributed by atoms with Crippen molar-refractivity contribution in [3.8, 4) is 0 Å². The molecule has 1 atom stereocenters. The molecule has 2 N–H and O–H groups in total. The van der Waals surface area contributed by atoms with Crippen LogP contribution in [0.3, 0.4) is 0 Å². The number of carbonyl (C=O) groups excluding carboxylic acids is 3. The van der Waals surface area contributed by atoms with E-state index < -0.39 is 5.91 Å². The maximum atomic E-state index is 12.9. The largest absolute Gasteiger partial charge is 0.353 e. The number of aromatic nitrogens is 2. The number of nitrogens with zero attached hydrogens (tertiary/aromatic N) is 3. The van der Waals surface area contributed by atoms with Crippen LogP contribution in [0, 0.1) is 5.92 Å². The Morgan fingerprint density at radius 1 is 0.969 bits per heavy atom. The second-order valence-corrected chi connectivity index (χ2v) is 9.72. The first-order valence-electron chi connectivity index (χ1n) is 11.0. The molecule has 1 aliphatic carbocycles. The van der Waals surface area contributed by atoms with Crippen LogP contribution in [0.15, 0.2) is 24.3 Å². The van der Waals surface area contributed by atoms with Gasteiger partial charge in [0.2, 0.25) is 15.9 Å². The van der Waals surface area contributed by atoms with E-state index in [0.717, 1.165) is 49.9 Å². The lowest BCUT2D eigenvalue weighted by Gasteiger charge is -2.33. The van der Waals surface area contributed by atoms with E-state index >= 15 is 0 Å². The van der Waals surface area contributed by atoms with Gasteiger partial charge in [0.15, 0.2) is 0 Å². The third kappa shape index (κ3) is 5.63. The van der Waals surface area contributed by atoms with E-state index in [1.807, 2.05) is 0 Å². The van der Waals surface area contributed by atoms with Crippen LogP contribution in [0.2, 0.25) is 5.02 Å². The fourth-order valence-electron chi connectivity index (χ4n) is 4.20. The summed E-state index contributed by atoms with van der Waals surface area (Å²) in [4.78, 5) is 39.7. The molecule has 2 heterocycles. The zero-order valence-electron chi connectivity index (χ0n) is 17.7. The number of likely N-dealkylation sites (tertiary alicyclic amines) is 1. The molecule has 0 radical (unpaired) electrons. The molecule has 1 aliphatic heterocycles. The van der Waals surface area contributed by atoms with Crippen LogP contribution in [-0.4, -0.2) is 52.0 Å². The molecule has 2 fully saturated rings. The zero-order chi connectivity index (χ0) is 22.5. The average Bonchev–Trinajstić information content (AvgIpc) is 3.31. The van der Waals surface area contributed by atoms with Crippen molar-refractivity contribution in [3.63, 3.8) is 0 Å². The number of benzene rings is 1. The number of anilines is 1. The highest BCUT2D eigenvalue weighted by molar-refractivity contribution is 7.15. The normalized spacial score (nSPS) is 19.4. The Hall–Kier alpha value is -2.52. The van der Waals surface area contributed by atoms with Crippen LogP contribution in [-0.2, 0) is 4.79 Å². The van der Waals surface area contributed by atoms with Crippen LogP contribution in [0.25, 0.3) is 0 Å². The zero-order valence-corrected chi connectivity index (χ0v) is 19.3. The first-order valence-corrected chi connectivity index (χ1v) is 12.2. The summed E-state index contributed by atoms with van der Waals surface area (Å²) < 4.78 is 0. The molecule has 2 aliphatic rings. The minimum Gasteiger partial charge on any atom is -0.353 e. The molecule has 1 saturated carbocycles. The molecule has 1 saturated heterocycles. The summed E-state index contributed by atoms with van der Waals surface area (Å²) in [5.41, 5.74) is 0.574. The predicted octanol–water partition coefficient (Wildman–Crippen LogP) is 3.74. The second-order valence-electron chi connectivity index (χ2n) is 8.31. The number of halogens is 1. The van der Waals surface area contributed by atoms with Crippen molar-refractivity contribution in [2.75, 3.05) is 18.4 Å². The molecule has 3 amide bonds. The molecule has 1 unspecified atom stereocenters. The quantitative estimate of drug-likeness (QED) is 0.685. The standard InChI is InChI=1S/C22H26ClN5O3S/c23-15-8-10-17(11-9-15)25-19(30)20-26-27-21(32-20)22(31)28-12-4-5-14(13-28)18(29)24-16-6-2-1-3-7-16/h8-11,14,16H,1-7,12-13H2,(H,24,29)(H,25,30). The number of hydrogen-bond acceptors (Lipinski definition) is 6. The van der Waals surface area contributed by atoms with Crippen LogP contribution < -0.4 is 10.6 Å². The van der Waals surface area contributed by atoms with Crippen molar-refractivity contribution in [3.05, 3.63) is 39.3 Å². The van der Waals surface area contributed by atoms with Crippen molar-refractivity contribution in [2.24, 2.45) is 5.92 Å². The van der Waals surface area contributed by atoms with Crippen molar-refractivity contribution < 1.29 is 14.4 Å². The Morgan fingerprint density at radius 3 is 2.44 bits per heavy atom. The van der Waals surface area contributed by atoms with Gasteiger partial charge in [-0.15, -0.1) is 10.2 Å². The van der Waals surface area contributed by atoms with E-state index in [0.29, 0.717) is 23.8 Å². The molecule has 1 aromatic heterocycles. The van der Waals surface area contributed by atoms with Gasteiger partial charge in [-0.05, 0) is 49.9 Å². The maximum Gasteiger partial charge on any atom is 0.286 e. The number of piperidine rings is 1. The van der Waals surface area contributed by atoms with E-state index in [1.165, 1.54) is 6.42 Å². The van der Waals surface area contributed by atoms with Crippen molar-refractivity contribution in [1.29, 1.82) is 0 Å². The van der Waals surface area contributed by atoms with E-state index in [9.17, 15) is 14.4 Å². The molecule has 10 heteroatoms. The second kappa shape index (κ2) is 10.4. The summed E-state index contributed by atoms with van der Waals surface area (Å²) in [7, 11) is 0. The van der Waals surface area contributed by atoms with Gasteiger partial charge in [-0.3, -0.25) is 14.4 Å². The van der Waals surface area contributed by atoms with Crippen LogP contribution >= 0.6 is 22.9 Å². The summed E-state index contributed by atoms with van der Waals surface area (Å²) >= 11 is 6.81. The molecule has 8 nitrogen and oxygen atoms in total. The van der Waals surface area contributed by atoms with Gasteiger partial charge >= 0.3 is 0 Å². The Balaban J connectivity index is 1.34. The Kier molecular flexibility index (Phi) is 7.36. The number of nitrogens with one attached hydrogen (secondary N) is 2. The smallest absolute Gasteiger partial charge is 0.286 e. The lowest BCUT2D eigenvalue weighted by molar-refractivity contribution is -0.127. The third-order valence-electron chi connectivity index (χ3n) is 5.94. The first kappa shape index (κ1) is 22.7. The van der Waals surface area contributed by atoms with E-state index in [4.69, 9.17) is 11.6 Å². The Labute approximate surface area is 195 Å². The van der Waals surface area contributed by atoms with E-state index in [2.05, 4.69) is 20.8 Å². The van der Waals surface area contributed by atoms with Gasteiger partial charge < -0.3 is 15.5 Å². The van der Waals surface area contributed by atoms with E-state index in [-0.39, 0.29) is 33.8 Å². The molecule has 32 heavy (non-hydrogen) atoms. The molecule has 0 spiro atoms. The van der Waals surface area contributed by atoms with Crippen molar-refractivity contribution in [1.82, 2.24) is 20.4 Å². The molecule has 2 aromatic rings. The average molecular weight is 476 g/mol. The summed E-state index contributed by atoms with van der Waals surface area (Å²) in [6, 6.07) is 6.96. The summed E-state index contributed by atoms with van der Waals surface area (Å²) in [5.74, 6) is -0.902. The molecule has 0 bridgehead atoms. The topological polar surface area (TPSA) is 104 Å². The maximum absolute atomic E-state index is 12.9. The van der Waals surface area contributed by atoms with Crippen molar-refractivity contribution in [2.45, 2.75) is 51.0 Å². The Morgan fingerprint density at radius 2 is 1.69 bits per heavy atom. The van der Waals surface area contributed by atoms with Gasteiger partial charge in [0.25, 0.3) is 11.8 Å². The summed E-state index contributed by atoms with van der Waals surface area (Å²) in [6.45, 7) is 0.932. The fourth-order valence-corrected chi connectivity index (χ4v) is 5.03. The highest BCUT2D eigenvalue weighted by Crippen LogP contribution is 2.23. The van der Waals surface area contributed by atoms with Gasteiger partial charge in [0.05, 0.1) is 5.92 Å². The van der Waals surface area contributed by atoms with Gasteiger partial charge in [0, 0.05) is 29.8 Å². The highest BCUT2D eigenvalue weighted by Gasteiger charge is 2.32. The highest BCUT2D eigenvalue weighted by atomic mass is 35.5. The number of hydrogen-bond donors (Lipinski definition) is 2. The third-order valence-corrected chi connectivity index (χ3v) is 7.10.